The van der Waals surface area contributed by atoms with Crippen LogP contribution in [0.2, 0.25) is 0 Å². The van der Waals surface area contributed by atoms with Crippen LogP contribution in [-0.2, 0) is 17.5 Å². The minimum atomic E-state index is -5.44. The summed E-state index contributed by atoms with van der Waals surface area (Å²) in [5.74, 6) is -6.14. The molecule has 230 valence electrons. The summed E-state index contributed by atoms with van der Waals surface area (Å²) in [6, 6.07) is 7.13. The third kappa shape index (κ3) is 6.66. The van der Waals surface area contributed by atoms with Crippen LogP contribution in [0.3, 0.4) is 0 Å². The van der Waals surface area contributed by atoms with Crippen molar-refractivity contribution in [3.8, 4) is 11.4 Å². The second-order valence-corrected chi connectivity index (χ2v) is 10.9. The summed E-state index contributed by atoms with van der Waals surface area (Å²) in [4.78, 5) is 35.6. The molecule has 43 heavy (non-hydrogen) atoms. The monoisotopic (exact) mass is 633 g/mol. The maximum atomic E-state index is 15.3. The summed E-state index contributed by atoms with van der Waals surface area (Å²) in [5.41, 5.74) is -0.543. The van der Waals surface area contributed by atoms with Gasteiger partial charge in [0.2, 0.25) is 5.82 Å². The highest BCUT2D eigenvalue weighted by molar-refractivity contribution is 7.22. The number of benzene rings is 2. The van der Waals surface area contributed by atoms with Crippen molar-refractivity contribution in [1.29, 1.82) is 0 Å². The topological polar surface area (TPSA) is 93.7 Å². The quantitative estimate of drug-likeness (QED) is 0.242. The zero-order valence-electron chi connectivity index (χ0n) is 22.2. The summed E-state index contributed by atoms with van der Waals surface area (Å²) in [6.07, 6.45) is -7.26. The van der Waals surface area contributed by atoms with Gasteiger partial charge in [-0.1, -0.05) is 27.3 Å². The van der Waals surface area contributed by atoms with Crippen molar-refractivity contribution in [2.24, 2.45) is 0 Å². The van der Waals surface area contributed by atoms with E-state index in [4.69, 9.17) is 0 Å². The molecule has 17 heteroatoms. The van der Waals surface area contributed by atoms with E-state index in [1.54, 1.807) is 0 Å². The second-order valence-electron chi connectivity index (χ2n) is 9.92. The van der Waals surface area contributed by atoms with Crippen LogP contribution in [0.1, 0.15) is 30.4 Å². The van der Waals surface area contributed by atoms with Gasteiger partial charge in [-0.3, -0.25) is 4.52 Å². The van der Waals surface area contributed by atoms with E-state index in [9.17, 15) is 35.9 Å². The Labute approximate surface area is 242 Å². The summed E-state index contributed by atoms with van der Waals surface area (Å²) in [6.45, 7) is 1.46. The maximum Gasteiger partial charge on any atom is 0.493 e. The van der Waals surface area contributed by atoms with Gasteiger partial charge >= 0.3 is 24.1 Å². The van der Waals surface area contributed by atoms with E-state index in [1.807, 2.05) is 11.9 Å². The minimum absolute atomic E-state index is 0.0776. The number of hydrogen-bond donors (Lipinski definition) is 0. The molecular weight excluding hydrogens is 611 g/mol. The van der Waals surface area contributed by atoms with Crippen molar-refractivity contribution < 1.29 is 44.9 Å². The van der Waals surface area contributed by atoms with Crippen LogP contribution in [0.5, 0.6) is 0 Å². The molecule has 0 amide bonds. The van der Waals surface area contributed by atoms with Crippen LogP contribution in [0.15, 0.2) is 45.7 Å². The molecule has 2 aromatic carbocycles. The maximum absolute atomic E-state index is 15.3. The molecule has 2 aromatic heterocycles. The SMILES string of the molecule is CN1CCCC1CCN(Cc1ccc(-c2noc(=O)n2OC(=O)C(F)(F)F)c(F)c1)c1nc2ccc(C(F)(F)F)cc2s1. The van der Waals surface area contributed by atoms with E-state index in [-0.39, 0.29) is 17.3 Å². The molecule has 3 heterocycles. The molecule has 0 N–H and O–H groups in total. The van der Waals surface area contributed by atoms with Crippen LogP contribution in [0.25, 0.3) is 21.6 Å². The van der Waals surface area contributed by atoms with Crippen LogP contribution in [-0.4, -0.2) is 58.1 Å². The number of aromatic nitrogens is 3. The second kappa shape index (κ2) is 11.6. The van der Waals surface area contributed by atoms with Crippen LogP contribution in [0.4, 0.5) is 35.9 Å². The van der Waals surface area contributed by atoms with Gasteiger partial charge in [0.15, 0.2) is 5.13 Å². The third-order valence-electron chi connectivity index (χ3n) is 7.00. The number of carbonyl (C=O) groups excluding carboxylic acids is 1. The number of carbonyl (C=O) groups is 1. The first-order chi connectivity index (χ1) is 20.2. The molecule has 1 aliphatic rings. The first kappa shape index (κ1) is 30.5. The van der Waals surface area contributed by atoms with Gasteiger partial charge in [-0.2, -0.15) is 26.3 Å². The van der Waals surface area contributed by atoms with Crippen molar-refractivity contribution in [2.75, 3.05) is 25.0 Å². The lowest BCUT2D eigenvalue weighted by Gasteiger charge is -2.26. The largest absolute Gasteiger partial charge is 0.493 e. The lowest BCUT2D eigenvalue weighted by Crippen LogP contribution is -2.37. The van der Waals surface area contributed by atoms with Gasteiger partial charge in [-0.05, 0) is 68.8 Å². The van der Waals surface area contributed by atoms with E-state index < -0.39 is 46.8 Å². The molecule has 1 saturated heterocycles. The average molecular weight is 634 g/mol. The molecular formula is C26H22F7N5O4S. The van der Waals surface area contributed by atoms with E-state index >= 15 is 4.39 Å². The number of anilines is 1. The molecule has 0 radical (unpaired) electrons. The Morgan fingerprint density at radius 1 is 1.16 bits per heavy atom. The zero-order chi connectivity index (χ0) is 31.1. The van der Waals surface area contributed by atoms with E-state index in [1.165, 1.54) is 12.1 Å². The fourth-order valence-corrected chi connectivity index (χ4v) is 5.82. The number of rotatable bonds is 8. The van der Waals surface area contributed by atoms with Gasteiger partial charge in [0.25, 0.3) is 0 Å². The lowest BCUT2D eigenvalue weighted by molar-refractivity contribution is -0.200. The first-order valence-corrected chi connectivity index (χ1v) is 13.6. The molecule has 0 saturated carbocycles. The smallest absolute Gasteiger partial charge is 0.344 e. The van der Waals surface area contributed by atoms with Gasteiger partial charge in [0.1, 0.15) is 5.82 Å². The number of alkyl halides is 6. The lowest BCUT2D eigenvalue weighted by atomic mass is 10.1. The summed E-state index contributed by atoms with van der Waals surface area (Å²) >= 11 is 1.06. The average Bonchev–Trinajstić information content (AvgIpc) is 3.64. The number of fused-ring (bicyclic) bond motifs is 1. The summed E-state index contributed by atoms with van der Waals surface area (Å²) < 4.78 is 97.4. The van der Waals surface area contributed by atoms with Gasteiger partial charge in [-0.25, -0.2) is 19.0 Å². The zero-order valence-corrected chi connectivity index (χ0v) is 23.0. The highest BCUT2D eigenvalue weighted by Gasteiger charge is 2.43. The molecule has 1 atom stereocenters. The van der Waals surface area contributed by atoms with Crippen molar-refractivity contribution in [3.63, 3.8) is 0 Å². The predicted octanol–water partition coefficient (Wildman–Crippen LogP) is 5.28. The highest BCUT2D eigenvalue weighted by Crippen LogP contribution is 2.36. The number of hydrogen-bond acceptors (Lipinski definition) is 9. The Morgan fingerprint density at radius 3 is 2.58 bits per heavy atom. The Bertz CT molecular complexity index is 1700. The number of halogens is 7. The van der Waals surface area contributed by atoms with Gasteiger partial charge < -0.3 is 14.6 Å². The number of thiazole rings is 1. The Kier molecular flexibility index (Phi) is 8.22. The first-order valence-electron chi connectivity index (χ1n) is 12.8. The van der Waals surface area contributed by atoms with Crippen LogP contribution in [0, 0.1) is 5.82 Å². The molecule has 1 fully saturated rings. The van der Waals surface area contributed by atoms with Crippen molar-refractivity contribution >= 4 is 32.7 Å². The van der Waals surface area contributed by atoms with Gasteiger partial charge in [-0.15, -0.1) is 0 Å². The van der Waals surface area contributed by atoms with Gasteiger partial charge in [0.05, 0.1) is 21.3 Å². The van der Waals surface area contributed by atoms with Crippen molar-refractivity contribution in [1.82, 2.24) is 19.8 Å². The minimum Gasteiger partial charge on any atom is -0.344 e. The normalized spacial score (nSPS) is 16.2. The van der Waals surface area contributed by atoms with Crippen molar-refractivity contribution in [3.05, 3.63) is 63.9 Å². The molecule has 1 unspecified atom stereocenters. The Hall–Kier alpha value is -3.99. The Morgan fingerprint density at radius 2 is 1.93 bits per heavy atom. The van der Waals surface area contributed by atoms with Crippen molar-refractivity contribution in [2.45, 2.75) is 44.2 Å². The number of likely N-dealkylation sites (tertiary alicyclic amines) is 1. The molecule has 0 aliphatic carbocycles. The molecule has 9 nitrogen and oxygen atoms in total. The van der Waals surface area contributed by atoms with E-state index in [0.717, 1.165) is 55.0 Å². The standard InChI is InChI=1S/C26H22F7N5O4S/c1-36-9-2-3-16(36)8-10-37(23-34-19-7-5-15(25(28,29)30)12-20(19)43-23)13-14-4-6-17(18(27)11-14)21-35-41-24(40)38(21)42-22(39)26(31,32)33/h4-7,11-12,16H,2-3,8-10,13H2,1H3. The fourth-order valence-electron chi connectivity index (χ4n) is 4.79. The molecule has 0 bridgehead atoms. The van der Waals surface area contributed by atoms with E-state index in [2.05, 4.69) is 24.4 Å². The number of nitrogens with zero attached hydrogens (tertiary/aromatic N) is 5. The molecule has 5 rings (SSSR count). The Balaban J connectivity index is 1.43. The highest BCUT2D eigenvalue weighted by atomic mass is 32.1. The molecule has 0 spiro atoms. The summed E-state index contributed by atoms with van der Waals surface area (Å²) in [7, 11) is 2.00. The molecule has 1 aliphatic heterocycles. The van der Waals surface area contributed by atoms with E-state index in [0.29, 0.717) is 33.9 Å². The molecule has 4 aromatic rings. The summed E-state index contributed by atoms with van der Waals surface area (Å²) in [5, 5.41) is 3.66. The third-order valence-corrected chi connectivity index (χ3v) is 8.08. The van der Waals surface area contributed by atoms with Crippen LogP contribution < -0.4 is 15.5 Å². The predicted molar refractivity (Wildman–Crippen MR) is 140 cm³/mol. The van der Waals surface area contributed by atoms with Crippen LogP contribution >= 0.6 is 11.3 Å². The fraction of sp³-hybridized carbons (Fsp3) is 0.385. The van der Waals surface area contributed by atoms with Gasteiger partial charge in [0, 0.05) is 19.1 Å².